The van der Waals surface area contributed by atoms with Crippen molar-refractivity contribution in [2.75, 3.05) is 7.11 Å². The van der Waals surface area contributed by atoms with E-state index in [4.69, 9.17) is 10.2 Å². The Bertz CT molecular complexity index is 804. The van der Waals surface area contributed by atoms with E-state index in [2.05, 4.69) is 25.1 Å². The first-order valence-electron chi connectivity index (χ1n) is 6.81. The molecule has 3 aromatic rings. The van der Waals surface area contributed by atoms with Crippen LogP contribution in [0.1, 0.15) is 27.6 Å². The Labute approximate surface area is 130 Å². The smallest absolute Gasteiger partial charge is 0.358 e. The Morgan fingerprint density at radius 2 is 2.26 bits per heavy atom. The molecule has 0 saturated carbocycles. The fourth-order valence-corrected chi connectivity index (χ4v) is 2.06. The van der Waals surface area contributed by atoms with E-state index >= 15 is 0 Å². The quantitative estimate of drug-likeness (QED) is 0.619. The molecule has 0 aliphatic carbocycles. The number of methoxy groups -OCH3 is 1. The third-order valence-electron chi connectivity index (χ3n) is 3.17. The normalized spacial score (nSPS) is 10.9. The Morgan fingerprint density at radius 1 is 1.39 bits per heavy atom. The van der Waals surface area contributed by atoms with Gasteiger partial charge in [0.15, 0.2) is 12.1 Å². The summed E-state index contributed by atoms with van der Waals surface area (Å²) in [6, 6.07) is 1.58. The van der Waals surface area contributed by atoms with Crippen LogP contribution in [-0.2, 0) is 24.4 Å². The maximum atomic E-state index is 11.4. The highest BCUT2D eigenvalue weighted by Gasteiger charge is 2.11. The van der Waals surface area contributed by atoms with Gasteiger partial charge in [-0.25, -0.2) is 14.5 Å². The topological polar surface area (TPSA) is 127 Å². The van der Waals surface area contributed by atoms with Crippen LogP contribution in [0.3, 0.4) is 0 Å². The highest BCUT2D eigenvalue weighted by atomic mass is 16.5. The molecule has 120 valence electrons. The van der Waals surface area contributed by atoms with Gasteiger partial charge in [-0.2, -0.15) is 5.10 Å². The lowest BCUT2D eigenvalue weighted by molar-refractivity contribution is 0.0593. The summed E-state index contributed by atoms with van der Waals surface area (Å²) in [5.41, 5.74) is 7.23. The van der Waals surface area contributed by atoms with Crippen LogP contribution in [0.2, 0.25) is 0 Å². The lowest BCUT2D eigenvalue weighted by Gasteiger charge is -1.98. The van der Waals surface area contributed by atoms with Gasteiger partial charge in [-0.3, -0.25) is 4.68 Å². The molecule has 0 fully saturated rings. The molecule has 0 aliphatic rings. The summed E-state index contributed by atoms with van der Waals surface area (Å²) in [6.45, 7) is 1.09. The number of carbonyl (C=O) groups excluding carboxylic acids is 1. The van der Waals surface area contributed by atoms with E-state index in [9.17, 15) is 4.79 Å². The van der Waals surface area contributed by atoms with Crippen LogP contribution < -0.4 is 5.73 Å². The second-order valence-electron chi connectivity index (χ2n) is 4.72. The number of aromatic nitrogens is 6. The number of hydrogen-bond acceptors (Lipinski definition) is 8. The molecule has 0 bridgehead atoms. The molecule has 23 heavy (non-hydrogen) atoms. The first-order valence-corrected chi connectivity index (χ1v) is 6.81. The van der Waals surface area contributed by atoms with E-state index in [0.717, 1.165) is 5.69 Å². The Morgan fingerprint density at radius 3 is 3.04 bits per heavy atom. The molecule has 0 aromatic carbocycles. The minimum atomic E-state index is -0.479. The number of nitrogens with two attached hydrogens (primary N) is 1. The zero-order valence-corrected chi connectivity index (χ0v) is 12.4. The van der Waals surface area contributed by atoms with E-state index < -0.39 is 5.97 Å². The number of rotatable bonds is 6. The Hall–Kier alpha value is -3.01. The van der Waals surface area contributed by atoms with Crippen LogP contribution in [0.4, 0.5) is 0 Å². The van der Waals surface area contributed by atoms with E-state index in [1.54, 1.807) is 27.8 Å². The van der Waals surface area contributed by atoms with Crippen LogP contribution in [-0.4, -0.2) is 42.8 Å². The van der Waals surface area contributed by atoms with Crippen molar-refractivity contribution < 1.29 is 13.9 Å². The fraction of sp³-hybridized carbons (Fsp3) is 0.308. The first-order chi connectivity index (χ1) is 11.2. The molecule has 0 radical (unpaired) electrons. The summed E-state index contributed by atoms with van der Waals surface area (Å²) in [4.78, 5) is 15.5. The highest BCUT2D eigenvalue weighted by Crippen LogP contribution is 2.08. The van der Waals surface area contributed by atoms with Crippen LogP contribution in [0, 0.1) is 0 Å². The lowest BCUT2D eigenvalue weighted by atomic mass is 10.3. The van der Waals surface area contributed by atoms with Crippen molar-refractivity contribution in [3.63, 3.8) is 0 Å². The molecule has 0 amide bonds. The molecule has 3 rings (SSSR count). The first kappa shape index (κ1) is 14.9. The third-order valence-corrected chi connectivity index (χ3v) is 3.17. The van der Waals surface area contributed by atoms with Gasteiger partial charge < -0.3 is 14.9 Å². The van der Waals surface area contributed by atoms with Gasteiger partial charge in [0.1, 0.15) is 17.1 Å². The summed E-state index contributed by atoms with van der Waals surface area (Å²) in [6.07, 6.45) is 4.80. The molecular formula is C13H15N7O3. The lowest BCUT2D eigenvalue weighted by Crippen LogP contribution is -2.06. The van der Waals surface area contributed by atoms with Crippen LogP contribution >= 0.6 is 0 Å². The molecule has 10 heteroatoms. The van der Waals surface area contributed by atoms with E-state index in [0.29, 0.717) is 24.5 Å². The molecule has 0 saturated heterocycles. The molecule has 3 heterocycles. The van der Waals surface area contributed by atoms with Crippen LogP contribution in [0.15, 0.2) is 29.3 Å². The van der Waals surface area contributed by atoms with E-state index in [1.165, 1.54) is 13.5 Å². The van der Waals surface area contributed by atoms with Gasteiger partial charge in [-0.1, -0.05) is 5.21 Å². The second-order valence-corrected chi connectivity index (χ2v) is 4.72. The van der Waals surface area contributed by atoms with Crippen molar-refractivity contribution in [3.05, 3.63) is 47.7 Å². The summed E-state index contributed by atoms with van der Waals surface area (Å²) in [5, 5.41) is 12.2. The SMILES string of the molecule is COC(=O)c1ccn(Cc2cn(Cc3ncoc3CN)nn2)n1. The number of esters is 1. The zero-order valence-electron chi connectivity index (χ0n) is 12.4. The zero-order chi connectivity index (χ0) is 16.2. The van der Waals surface area contributed by atoms with Gasteiger partial charge >= 0.3 is 5.97 Å². The number of carbonyl (C=O) groups is 1. The molecular weight excluding hydrogens is 302 g/mol. The molecule has 0 spiro atoms. The van der Waals surface area contributed by atoms with Gasteiger partial charge in [-0.15, -0.1) is 5.10 Å². The minimum Gasteiger partial charge on any atom is -0.464 e. The number of hydrogen-bond donors (Lipinski definition) is 1. The molecule has 3 aromatic heterocycles. The van der Waals surface area contributed by atoms with Gasteiger partial charge in [0.2, 0.25) is 0 Å². The van der Waals surface area contributed by atoms with Gasteiger partial charge in [0.25, 0.3) is 0 Å². The standard InChI is InChI=1S/C13H15N7O3/c1-22-13(21)10-2-3-19(17-10)5-9-6-20(18-16-9)7-11-12(4-14)23-8-15-11/h2-3,6,8H,4-5,7,14H2,1H3. The maximum absolute atomic E-state index is 11.4. The van der Waals surface area contributed by atoms with Gasteiger partial charge in [-0.05, 0) is 6.07 Å². The molecule has 0 aliphatic heterocycles. The van der Waals surface area contributed by atoms with Crippen molar-refractivity contribution in [3.8, 4) is 0 Å². The summed E-state index contributed by atoms with van der Waals surface area (Å²) in [5.74, 6) is 0.143. The molecule has 0 unspecified atom stereocenters. The third kappa shape index (κ3) is 3.26. The van der Waals surface area contributed by atoms with E-state index in [1.807, 2.05) is 0 Å². The highest BCUT2D eigenvalue weighted by molar-refractivity contribution is 5.86. The van der Waals surface area contributed by atoms with Gasteiger partial charge in [0, 0.05) is 6.20 Å². The fourth-order valence-electron chi connectivity index (χ4n) is 2.06. The number of oxazole rings is 1. The molecule has 10 nitrogen and oxygen atoms in total. The van der Waals surface area contributed by atoms with Crippen molar-refractivity contribution in [2.45, 2.75) is 19.6 Å². The van der Waals surface area contributed by atoms with Gasteiger partial charge in [0.05, 0.1) is 32.9 Å². The monoisotopic (exact) mass is 317 g/mol. The van der Waals surface area contributed by atoms with Crippen molar-refractivity contribution in [1.29, 1.82) is 0 Å². The van der Waals surface area contributed by atoms with Crippen molar-refractivity contribution in [1.82, 2.24) is 29.8 Å². The Kier molecular flexibility index (Phi) is 4.15. The average molecular weight is 317 g/mol. The average Bonchev–Trinajstić information content (AvgIpc) is 3.29. The number of nitrogens with zero attached hydrogens (tertiary/aromatic N) is 6. The molecule has 0 atom stereocenters. The summed E-state index contributed by atoms with van der Waals surface area (Å²) < 4.78 is 13.0. The minimum absolute atomic E-state index is 0.245. The van der Waals surface area contributed by atoms with Crippen molar-refractivity contribution in [2.24, 2.45) is 5.73 Å². The summed E-state index contributed by atoms with van der Waals surface area (Å²) in [7, 11) is 1.31. The summed E-state index contributed by atoms with van der Waals surface area (Å²) >= 11 is 0. The van der Waals surface area contributed by atoms with Crippen LogP contribution in [0.25, 0.3) is 0 Å². The van der Waals surface area contributed by atoms with Crippen LogP contribution in [0.5, 0.6) is 0 Å². The van der Waals surface area contributed by atoms with Crippen molar-refractivity contribution >= 4 is 5.97 Å². The van der Waals surface area contributed by atoms with E-state index in [-0.39, 0.29) is 12.2 Å². The number of ether oxygens (including phenoxy) is 1. The Balaban J connectivity index is 1.67. The predicted molar refractivity (Wildman–Crippen MR) is 76.2 cm³/mol. The molecule has 2 N–H and O–H groups in total. The maximum Gasteiger partial charge on any atom is 0.358 e. The second kappa shape index (κ2) is 6.40. The largest absolute Gasteiger partial charge is 0.464 e. The predicted octanol–water partition coefficient (Wildman–Crippen LogP) is -0.195.